The molecule has 0 atom stereocenters. The third-order valence-corrected chi connectivity index (χ3v) is 1.94. The molecule has 0 fully saturated rings. The summed E-state index contributed by atoms with van der Waals surface area (Å²) in [6, 6.07) is 0. The van der Waals surface area contributed by atoms with Crippen molar-refractivity contribution in [2.75, 3.05) is 13.2 Å². The average Bonchev–Trinajstić information content (AvgIpc) is 2.04. The molecule has 0 aliphatic carbocycles. The molecule has 0 bridgehead atoms. The van der Waals surface area contributed by atoms with Crippen LogP contribution in [0.15, 0.2) is 35.4 Å². The van der Waals surface area contributed by atoms with Gasteiger partial charge in [0.05, 0.1) is 13.2 Å². The lowest BCUT2D eigenvalue weighted by molar-refractivity contribution is 0.150. The van der Waals surface area contributed by atoms with Crippen LogP contribution in [-0.4, -0.2) is 13.2 Å². The van der Waals surface area contributed by atoms with Crippen LogP contribution in [0.3, 0.4) is 0 Å². The third kappa shape index (κ3) is 1.95. The third-order valence-electron chi connectivity index (χ3n) is 1.72. The predicted molar refractivity (Wildman–Crippen MR) is 47.7 cm³/mol. The Bertz CT molecular complexity index is 216. The van der Waals surface area contributed by atoms with Gasteiger partial charge < -0.3 is 4.74 Å². The average molecular weight is 171 g/mol. The van der Waals surface area contributed by atoms with Gasteiger partial charge in [0, 0.05) is 5.03 Å². The molecule has 0 spiro atoms. The van der Waals surface area contributed by atoms with Crippen LogP contribution >= 0.6 is 11.6 Å². The summed E-state index contributed by atoms with van der Waals surface area (Å²) < 4.78 is 5.22. The van der Waals surface area contributed by atoms with Gasteiger partial charge in [0.25, 0.3) is 0 Å². The molecule has 1 nitrogen and oxygen atoms in total. The van der Waals surface area contributed by atoms with Gasteiger partial charge in [0.15, 0.2) is 0 Å². The number of allylic oxidation sites excluding steroid dienone is 1. The Labute approximate surface area is 72.0 Å². The van der Waals surface area contributed by atoms with Crippen molar-refractivity contribution in [2.45, 2.75) is 6.42 Å². The summed E-state index contributed by atoms with van der Waals surface area (Å²) >= 11 is 5.77. The molecule has 0 aromatic rings. The molecule has 0 saturated carbocycles. The first-order valence-electron chi connectivity index (χ1n) is 3.52. The minimum absolute atomic E-state index is 0.614. The summed E-state index contributed by atoms with van der Waals surface area (Å²) in [7, 11) is 0. The largest absolute Gasteiger partial charge is 0.376 e. The minimum Gasteiger partial charge on any atom is -0.376 e. The van der Waals surface area contributed by atoms with Crippen LogP contribution in [0.4, 0.5) is 0 Å². The first-order chi connectivity index (χ1) is 5.25. The monoisotopic (exact) mass is 170 g/mol. The van der Waals surface area contributed by atoms with Crippen LogP contribution < -0.4 is 0 Å². The maximum absolute atomic E-state index is 5.77. The summed E-state index contributed by atoms with van der Waals surface area (Å²) in [5.41, 5.74) is 2.16. The minimum atomic E-state index is 0.614. The second-order valence-corrected chi connectivity index (χ2v) is 2.87. The van der Waals surface area contributed by atoms with E-state index in [2.05, 4.69) is 13.2 Å². The van der Waals surface area contributed by atoms with E-state index in [0.717, 1.165) is 24.2 Å². The van der Waals surface area contributed by atoms with Gasteiger partial charge in [-0.25, -0.2) is 0 Å². The van der Waals surface area contributed by atoms with Crippen LogP contribution in [0.25, 0.3) is 0 Å². The van der Waals surface area contributed by atoms with E-state index in [-0.39, 0.29) is 0 Å². The quantitative estimate of drug-likeness (QED) is 0.619. The number of rotatable bonds is 2. The Hall–Kier alpha value is -0.530. The van der Waals surface area contributed by atoms with Gasteiger partial charge in [-0.3, -0.25) is 0 Å². The lowest BCUT2D eigenvalue weighted by Crippen LogP contribution is -2.09. The molecule has 2 heteroatoms. The summed E-state index contributed by atoms with van der Waals surface area (Å²) in [4.78, 5) is 0. The fourth-order valence-corrected chi connectivity index (χ4v) is 1.31. The van der Waals surface area contributed by atoms with Crippen LogP contribution in [0.1, 0.15) is 6.42 Å². The first kappa shape index (κ1) is 8.57. The van der Waals surface area contributed by atoms with Crippen LogP contribution in [-0.2, 0) is 4.74 Å². The van der Waals surface area contributed by atoms with E-state index < -0.39 is 0 Å². The predicted octanol–water partition coefficient (Wildman–Crippen LogP) is 2.64. The van der Waals surface area contributed by atoms with Gasteiger partial charge in [-0.15, -0.1) is 0 Å². The highest BCUT2D eigenvalue weighted by molar-refractivity contribution is 6.31. The summed E-state index contributed by atoms with van der Waals surface area (Å²) in [5.74, 6) is 0. The van der Waals surface area contributed by atoms with E-state index in [1.165, 1.54) is 0 Å². The van der Waals surface area contributed by atoms with Gasteiger partial charge in [0.2, 0.25) is 0 Å². The molecule has 60 valence electrons. The van der Waals surface area contributed by atoms with Crippen molar-refractivity contribution in [3.8, 4) is 0 Å². The molecule has 1 aliphatic rings. The van der Waals surface area contributed by atoms with Crippen molar-refractivity contribution in [3.05, 3.63) is 35.4 Å². The zero-order valence-electron chi connectivity index (χ0n) is 6.40. The van der Waals surface area contributed by atoms with E-state index in [9.17, 15) is 0 Å². The van der Waals surface area contributed by atoms with Crippen molar-refractivity contribution < 1.29 is 4.74 Å². The topological polar surface area (TPSA) is 9.23 Å². The molecule has 0 aromatic heterocycles. The van der Waals surface area contributed by atoms with Crippen molar-refractivity contribution in [1.29, 1.82) is 0 Å². The van der Waals surface area contributed by atoms with Gasteiger partial charge >= 0.3 is 0 Å². The zero-order chi connectivity index (χ0) is 8.27. The Morgan fingerprint density at radius 2 is 2.36 bits per heavy atom. The number of ether oxygens (including phenoxy) is 1. The summed E-state index contributed by atoms with van der Waals surface area (Å²) in [6.45, 7) is 8.71. The van der Waals surface area contributed by atoms with Gasteiger partial charge in [0.1, 0.15) is 0 Å². The molecule has 1 heterocycles. The second kappa shape index (κ2) is 3.74. The molecule has 0 saturated heterocycles. The normalized spacial score (nSPS) is 18.3. The Balaban J connectivity index is 2.90. The number of hydrogen-bond donors (Lipinski definition) is 0. The summed E-state index contributed by atoms with van der Waals surface area (Å²) in [5, 5.41) is 0.614. The molecule has 0 aromatic carbocycles. The molecule has 1 rings (SSSR count). The SMILES string of the molecule is C=CC1=C(C(=C)Cl)CCOC1. The van der Waals surface area contributed by atoms with Crippen LogP contribution in [0.2, 0.25) is 0 Å². The zero-order valence-corrected chi connectivity index (χ0v) is 7.16. The molecule has 0 unspecified atom stereocenters. The summed E-state index contributed by atoms with van der Waals surface area (Å²) in [6.07, 6.45) is 2.63. The Morgan fingerprint density at radius 3 is 2.82 bits per heavy atom. The number of hydrogen-bond acceptors (Lipinski definition) is 1. The Morgan fingerprint density at radius 1 is 1.64 bits per heavy atom. The number of halogens is 1. The van der Waals surface area contributed by atoms with E-state index >= 15 is 0 Å². The Kier molecular flexibility index (Phi) is 2.92. The first-order valence-corrected chi connectivity index (χ1v) is 3.90. The fourth-order valence-electron chi connectivity index (χ4n) is 1.10. The van der Waals surface area contributed by atoms with Crippen LogP contribution in [0.5, 0.6) is 0 Å². The van der Waals surface area contributed by atoms with Crippen molar-refractivity contribution in [2.24, 2.45) is 0 Å². The lowest BCUT2D eigenvalue weighted by atomic mass is 10.0. The lowest BCUT2D eigenvalue weighted by Gasteiger charge is -2.17. The smallest absolute Gasteiger partial charge is 0.0720 e. The van der Waals surface area contributed by atoms with Crippen molar-refractivity contribution >= 4 is 11.6 Å². The van der Waals surface area contributed by atoms with Crippen molar-refractivity contribution in [1.82, 2.24) is 0 Å². The molecule has 11 heavy (non-hydrogen) atoms. The maximum atomic E-state index is 5.77. The maximum Gasteiger partial charge on any atom is 0.0720 e. The van der Waals surface area contributed by atoms with E-state index in [1.807, 2.05) is 0 Å². The van der Waals surface area contributed by atoms with Crippen molar-refractivity contribution in [3.63, 3.8) is 0 Å². The van der Waals surface area contributed by atoms with Gasteiger partial charge in [-0.2, -0.15) is 0 Å². The van der Waals surface area contributed by atoms with Gasteiger partial charge in [-0.1, -0.05) is 30.8 Å². The molecular formula is C9H11ClO. The van der Waals surface area contributed by atoms with E-state index in [0.29, 0.717) is 11.6 Å². The highest BCUT2D eigenvalue weighted by atomic mass is 35.5. The fraction of sp³-hybridized carbons (Fsp3) is 0.333. The van der Waals surface area contributed by atoms with Crippen LogP contribution in [0, 0.1) is 0 Å². The van der Waals surface area contributed by atoms with E-state index in [4.69, 9.17) is 16.3 Å². The molecule has 1 aliphatic heterocycles. The molecule has 0 radical (unpaired) electrons. The van der Waals surface area contributed by atoms with Gasteiger partial charge in [-0.05, 0) is 17.6 Å². The molecule has 0 N–H and O–H groups in total. The highest BCUT2D eigenvalue weighted by Gasteiger charge is 2.11. The standard InChI is InChI=1S/C9H11ClO/c1-3-8-6-11-5-4-9(8)7(2)10/h3H,1-2,4-6H2. The van der Waals surface area contributed by atoms with E-state index in [1.54, 1.807) is 6.08 Å². The molecule has 0 amide bonds. The molecular weight excluding hydrogens is 160 g/mol. The highest BCUT2D eigenvalue weighted by Crippen LogP contribution is 2.24. The second-order valence-electron chi connectivity index (χ2n) is 2.42.